The molecular formula is C20H16N4O3. The molecule has 7 heteroatoms. The molecular weight excluding hydrogens is 344 g/mol. The summed E-state index contributed by atoms with van der Waals surface area (Å²) in [7, 11) is 0. The standard InChI is InChI=1S/C20H16N4O3/c25-19(13-15-8-10-18(11-9-15)24(26)27)22-23-20(16-5-2-1-3-6-16)17-7-4-12-21-14-17/h1-12,14H,13H2,(H,22,25). The third-order valence-electron chi connectivity index (χ3n) is 3.79. The maximum Gasteiger partial charge on any atom is 0.269 e. The van der Waals surface area contributed by atoms with Gasteiger partial charge in [0.25, 0.3) is 5.69 Å². The van der Waals surface area contributed by atoms with Crippen molar-refractivity contribution in [3.63, 3.8) is 0 Å². The lowest BCUT2D eigenvalue weighted by Gasteiger charge is -2.07. The minimum atomic E-state index is -0.478. The van der Waals surface area contributed by atoms with E-state index in [2.05, 4.69) is 15.5 Å². The van der Waals surface area contributed by atoms with Gasteiger partial charge in [0, 0.05) is 35.7 Å². The molecule has 0 saturated heterocycles. The monoisotopic (exact) mass is 360 g/mol. The number of nitrogens with zero attached hydrogens (tertiary/aromatic N) is 3. The molecule has 0 fully saturated rings. The highest BCUT2D eigenvalue weighted by atomic mass is 16.6. The number of carbonyl (C=O) groups is 1. The summed E-state index contributed by atoms with van der Waals surface area (Å²) in [5.74, 6) is -0.318. The highest BCUT2D eigenvalue weighted by Gasteiger charge is 2.10. The fourth-order valence-electron chi connectivity index (χ4n) is 2.47. The predicted octanol–water partition coefficient (Wildman–Crippen LogP) is 3.10. The Labute approximate surface area is 155 Å². The van der Waals surface area contributed by atoms with Crippen molar-refractivity contribution < 1.29 is 9.72 Å². The lowest BCUT2D eigenvalue weighted by molar-refractivity contribution is -0.384. The van der Waals surface area contributed by atoms with Crippen LogP contribution in [0.2, 0.25) is 0 Å². The number of amides is 1. The second kappa shape index (κ2) is 8.48. The molecule has 27 heavy (non-hydrogen) atoms. The van der Waals surface area contributed by atoms with Gasteiger partial charge in [-0.1, -0.05) is 42.5 Å². The Morgan fingerprint density at radius 2 is 1.70 bits per heavy atom. The summed E-state index contributed by atoms with van der Waals surface area (Å²) in [6, 6.07) is 19.0. The van der Waals surface area contributed by atoms with Crippen molar-refractivity contribution in [3.8, 4) is 0 Å². The predicted molar refractivity (Wildman–Crippen MR) is 101 cm³/mol. The maximum atomic E-state index is 12.2. The third-order valence-corrected chi connectivity index (χ3v) is 3.79. The first-order chi connectivity index (χ1) is 13.1. The summed E-state index contributed by atoms with van der Waals surface area (Å²) in [6.45, 7) is 0. The Hall–Kier alpha value is -3.87. The lowest BCUT2D eigenvalue weighted by atomic mass is 10.0. The van der Waals surface area contributed by atoms with Crippen LogP contribution in [0.25, 0.3) is 0 Å². The minimum absolute atomic E-state index is 0.0138. The molecule has 1 heterocycles. The molecule has 3 rings (SSSR count). The maximum absolute atomic E-state index is 12.2. The summed E-state index contributed by atoms with van der Waals surface area (Å²) < 4.78 is 0. The molecule has 0 saturated carbocycles. The number of nitro groups is 1. The summed E-state index contributed by atoms with van der Waals surface area (Å²) in [4.78, 5) is 26.5. The number of pyridine rings is 1. The van der Waals surface area contributed by atoms with Gasteiger partial charge < -0.3 is 0 Å². The Kier molecular flexibility index (Phi) is 5.64. The number of hydrogen-bond acceptors (Lipinski definition) is 5. The van der Waals surface area contributed by atoms with Crippen LogP contribution in [-0.2, 0) is 11.2 Å². The molecule has 1 N–H and O–H groups in total. The fraction of sp³-hybridized carbons (Fsp3) is 0.0500. The molecule has 0 aliphatic carbocycles. The van der Waals surface area contributed by atoms with Crippen LogP contribution in [0, 0.1) is 10.1 Å². The SMILES string of the molecule is O=C(Cc1ccc([N+](=O)[O-])cc1)NN=C(c1ccccc1)c1cccnc1. The first-order valence-corrected chi connectivity index (χ1v) is 8.19. The molecule has 1 amide bonds. The zero-order chi connectivity index (χ0) is 19.1. The molecule has 0 radical (unpaired) electrons. The Bertz CT molecular complexity index is 914. The van der Waals surface area contributed by atoms with Crippen molar-refractivity contribution in [2.45, 2.75) is 6.42 Å². The Balaban J connectivity index is 1.76. The van der Waals surface area contributed by atoms with E-state index < -0.39 is 4.92 Å². The highest BCUT2D eigenvalue weighted by molar-refractivity contribution is 6.12. The van der Waals surface area contributed by atoms with Gasteiger partial charge in [0.15, 0.2) is 0 Å². The van der Waals surface area contributed by atoms with Gasteiger partial charge >= 0.3 is 0 Å². The van der Waals surface area contributed by atoms with E-state index in [1.54, 1.807) is 30.6 Å². The van der Waals surface area contributed by atoms with Crippen LogP contribution in [0.4, 0.5) is 5.69 Å². The van der Waals surface area contributed by atoms with Crippen LogP contribution < -0.4 is 5.43 Å². The van der Waals surface area contributed by atoms with Gasteiger partial charge in [-0.2, -0.15) is 5.10 Å². The largest absolute Gasteiger partial charge is 0.273 e. The van der Waals surface area contributed by atoms with Crippen molar-refractivity contribution in [2.24, 2.45) is 5.10 Å². The number of rotatable bonds is 6. The van der Waals surface area contributed by atoms with Gasteiger partial charge in [-0.3, -0.25) is 19.9 Å². The van der Waals surface area contributed by atoms with E-state index in [0.29, 0.717) is 11.3 Å². The molecule has 2 aromatic carbocycles. The number of hydrogen-bond donors (Lipinski definition) is 1. The second-order valence-electron chi connectivity index (χ2n) is 5.70. The van der Waals surface area contributed by atoms with Crippen LogP contribution in [-0.4, -0.2) is 21.5 Å². The number of non-ortho nitro benzene ring substituents is 1. The normalized spacial score (nSPS) is 11.0. The summed E-state index contributed by atoms with van der Waals surface area (Å²) in [5.41, 5.74) is 5.43. The van der Waals surface area contributed by atoms with Gasteiger partial charge in [-0.15, -0.1) is 0 Å². The Morgan fingerprint density at radius 1 is 1.00 bits per heavy atom. The smallest absolute Gasteiger partial charge is 0.269 e. The van der Waals surface area contributed by atoms with Crippen LogP contribution in [0.1, 0.15) is 16.7 Å². The molecule has 134 valence electrons. The van der Waals surface area contributed by atoms with Gasteiger partial charge in [-0.25, -0.2) is 5.43 Å². The van der Waals surface area contributed by atoms with Crippen molar-refractivity contribution in [1.82, 2.24) is 10.4 Å². The van der Waals surface area contributed by atoms with Crippen molar-refractivity contribution >= 4 is 17.3 Å². The van der Waals surface area contributed by atoms with Gasteiger partial charge in [0.05, 0.1) is 17.1 Å². The first kappa shape index (κ1) is 17.9. The zero-order valence-electron chi connectivity index (χ0n) is 14.3. The highest BCUT2D eigenvalue weighted by Crippen LogP contribution is 2.13. The average molecular weight is 360 g/mol. The van der Waals surface area contributed by atoms with E-state index in [1.165, 1.54) is 12.1 Å². The Morgan fingerprint density at radius 3 is 2.33 bits per heavy atom. The zero-order valence-corrected chi connectivity index (χ0v) is 14.3. The first-order valence-electron chi connectivity index (χ1n) is 8.19. The van der Waals surface area contributed by atoms with Crippen LogP contribution in [0.3, 0.4) is 0 Å². The summed E-state index contributed by atoms with van der Waals surface area (Å²) >= 11 is 0. The number of hydrazone groups is 1. The molecule has 0 aliphatic heterocycles. The number of benzene rings is 2. The number of nitrogens with one attached hydrogen (secondary N) is 1. The summed E-state index contributed by atoms with van der Waals surface area (Å²) in [6.07, 6.45) is 3.41. The number of carbonyl (C=O) groups excluding carboxylic acids is 1. The molecule has 0 unspecified atom stereocenters. The van der Waals surface area contributed by atoms with E-state index in [-0.39, 0.29) is 18.0 Å². The summed E-state index contributed by atoms with van der Waals surface area (Å²) in [5, 5.41) is 15.0. The number of aromatic nitrogens is 1. The van der Waals surface area contributed by atoms with Crippen molar-refractivity contribution in [1.29, 1.82) is 0 Å². The van der Waals surface area contributed by atoms with Gasteiger partial charge in [-0.05, 0) is 17.7 Å². The molecule has 7 nitrogen and oxygen atoms in total. The van der Waals surface area contributed by atoms with E-state index in [4.69, 9.17) is 0 Å². The molecule has 0 aliphatic rings. The van der Waals surface area contributed by atoms with Crippen LogP contribution in [0.5, 0.6) is 0 Å². The van der Waals surface area contributed by atoms with Crippen molar-refractivity contribution in [2.75, 3.05) is 0 Å². The third kappa shape index (κ3) is 4.82. The molecule has 1 aromatic heterocycles. The quantitative estimate of drug-likeness (QED) is 0.415. The lowest BCUT2D eigenvalue weighted by Crippen LogP contribution is -2.22. The van der Waals surface area contributed by atoms with Crippen molar-refractivity contribution in [3.05, 3.63) is 106 Å². The number of nitro benzene ring substituents is 1. The van der Waals surface area contributed by atoms with Gasteiger partial charge in [0.2, 0.25) is 5.91 Å². The van der Waals surface area contributed by atoms with E-state index >= 15 is 0 Å². The van der Waals surface area contributed by atoms with Crippen LogP contribution in [0.15, 0.2) is 84.2 Å². The van der Waals surface area contributed by atoms with E-state index in [9.17, 15) is 14.9 Å². The molecule has 0 bridgehead atoms. The fourth-order valence-corrected chi connectivity index (χ4v) is 2.47. The molecule has 3 aromatic rings. The molecule has 0 atom stereocenters. The van der Waals surface area contributed by atoms with E-state index in [1.807, 2.05) is 36.4 Å². The average Bonchev–Trinajstić information content (AvgIpc) is 2.70. The molecule has 0 spiro atoms. The van der Waals surface area contributed by atoms with Gasteiger partial charge in [0.1, 0.15) is 0 Å². The topological polar surface area (TPSA) is 97.5 Å². The minimum Gasteiger partial charge on any atom is -0.273 e. The second-order valence-corrected chi connectivity index (χ2v) is 5.70. The van der Waals surface area contributed by atoms with E-state index in [0.717, 1.165) is 11.1 Å². The van der Waals surface area contributed by atoms with Crippen LogP contribution >= 0.6 is 0 Å².